The van der Waals surface area contributed by atoms with Crippen LogP contribution in [0.15, 0.2) is 48.8 Å². The molecule has 0 bridgehead atoms. The molecule has 0 saturated heterocycles. The van der Waals surface area contributed by atoms with Crippen molar-refractivity contribution in [1.29, 1.82) is 0 Å². The number of nitrogens with one attached hydrogen (secondary N) is 4. The quantitative estimate of drug-likeness (QED) is 0.118. The molecule has 0 aliphatic carbocycles. The van der Waals surface area contributed by atoms with E-state index in [2.05, 4.69) is 96.1 Å². The van der Waals surface area contributed by atoms with Gasteiger partial charge in [-0.05, 0) is 81.6 Å². The lowest BCUT2D eigenvalue weighted by Gasteiger charge is -2.07. The summed E-state index contributed by atoms with van der Waals surface area (Å²) in [4.78, 5) is 15.9. The summed E-state index contributed by atoms with van der Waals surface area (Å²) in [6.45, 7) is 0. The standard InChI is InChI=1S/2C11H8ClIN6/c2*12-10-6-3-5(4-7(13)9(6)18-19-10)16-8-1-2-15-11(14)17-8/h2*1-4H,(H,18,19)(H3,14,15,16,17). The molecule has 38 heavy (non-hydrogen) atoms. The van der Waals surface area contributed by atoms with E-state index < -0.39 is 0 Å². The summed E-state index contributed by atoms with van der Waals surface area (Å²) in [7, 11) is 0. The molecule has 0 atom stereocenters. The van der Waals surface area contributed by atoms with E-state index in [1.807, 2.05) is 24.3 Å². The maximum absolute atomic E-state index is 6.03. The van der Waals surface area contributed by atoms with Crippen molar-refractivity contribution in [2.45, 2.75) is 0 Å². The van der Waals surface area contributed by atoms with Gasteiger partial charge in [-0.25, -0.2) is 9.97 Å². The van der Waals surface area contributed by atoms with Crippen LogP contribution < -0.4 is 22.1 Å². The van der Waals surface area contributed by atoms with Crippen LogP contribution in [0.2, 0.25) is 10.3 Å². The molecule has 6 rings (SSSR count). The molecule has 0 fully saturated rings. The van der Waals surface area contributed by atoms with E-state index >= 15 is 0 Å². The predicted octanol–water partition coefficient (Wildman–Crippen LogP) is 5.87. The second kappa shape index (κ2) is 11.3. The number of aromatic amines is 2. The fraction of sp³-hybridized carbons (Fsp3) is 0. The normalized spacial score (nSPS) is 10.8. The lowest BCUT2D eigenvalue weighted by atomic mass is 10.2. The van der Waals surface area contributed by atoms with Crippen molar-refractivity contribution in [3.8, 4) is 0 Å². The van der Waals surface area contributed by atoms with E-state index in [-0.39, 0.29) is 11.9 Å². The van der Waals surface area contributed by atoms with Crippen LogP contribution in [0.5, 0.6) is 0 Å². The molecule has 0 aliphatic heterocycles. The molecule has 0 amide bonds. The molecule has 4 heterocycles. The number of H-pyrrole nitrogens is 2. The van der Waals surface area contributed by atoms with Crippen molar-refractivity contribution in [1.82, 2.24) is 40.3 Å². The number of nitrogen functional groups attached to an aromatic ring is 2. The predicted molar refractivity (Wildman–Crippen MR) is 167 cm³/mol. The minimum Gasteiger partial charge on any atom is -0.368 e. The van der Waals surface area contributed by atoms with Crippen molar-refractivity contribution in [3.05, 3.63) is 66.2 Å². The first kappa shape index (κ1) is 26.4. The molecular formula is C22H16Cl2I2N12. The number of nitrogens with zero attached hydrogens (tertiary/aromatic N) is 6. The Morgan fingerprint density at radius 1 is 0.684 bits per heavy atom. The van der Waals surface area contributed by atoms with Gasteiger partial charge in [0.05, 0.1) is 11.0 Å². The van der Waals surface area contributed by atoms with Crippen LogP contribution in [0, 0.1) is 7.14 Å². The SMILES string of the molecule is Nc1nccc(Nc2cc(I)c3[nH]nc(Cl)c3c2)n1.Nc1nccc(Nc2cc(I)c3[nH]nc(Cl)c3c2)n1. The first-order chi connectivity index (χ1) is 18.3. The average Bonchev–Trinajstić information content (AvgIpc) is 3.43. The van der Waals surface area contributed by atoms with Crippen LogP contribution in [0.4, 0.5) is 34.9 Å². The molecule has 8 N–H and O–H groups in total. The van der Waals surface area contributed by atoms with Crippen LogP contribution in [0.1, 0.15) is 0 Å². The number of hydrogen-bond acceptors (Lipinski definition) is 10. The van der Waals surface area contributed by atoms with Gasteiger partial charge in [-0.15, -0.1) is 0 Å². The highest BCUT2D eigenvalue weighted by Crippen LogP contribution is 2.31. The average molecular weight is 773 g/mol. The van der Waals surface area contributed by atoms with Gasteiger partial charge < -0.3 is 22.1 Å². The Balaban J connectivity index is 0.000000155. The lowest BCUT2D eigenvalue weighted by molar-refractivity contribution is 1.12. The zero-order chi connectivity index (χ0) is 26.8. The Labute approximate surface area is 252 Å². The van der Waals surface area contributed by atoms with Gasteiger partial charge in [-0.2, -0.15) is 20.2 Å². The van der Waals surface area contributed by atoms with Gasteiger partial charge in [-0.1, -0.05) is 23.2 Å². The molecule has 4 aromatic heterocycles. The van der Waals surface area contributed by atoms with Gasteiger partial charge in [-0.3, -0.25) is 10.2 Å². The van der Waals surface area contributed by atoms with Gasteiger partial charge in [0.25, 0.3) is 0 Å². The van der Waals surface area contributed by atoms with E-state index in [9.17, 15) is 0 Å². The fourth-order valence-electron chi connectivity index (χ4n) is 3.42. The van der Waals surface area contributed by atoms with Crippen LogP contribution in [0.25, 0.3) is 21.8 Å². The second-order valence-electron chi connectivity index (χ2n) is 7.64. The first-order valence-corrected chi connectivity index (χ1v) is 13.6. The fourth-order valence-corrected chi connectivity index (χ4v) is 5.30. The number of rotatable bonds is 4. The van der Waals surface area contributed by atoms with E-state index in [1.165, 1.54) is 0 Å². The van der Waals surface area contributed by atoms with Crippen LogP contribution in [-0.4, -0.2) is 40.3 Å². The number of hydrogen-bond donors (Lipinski definition) is 6. The van der Waals surface area contributed by atoms with Crippen LogP contribution in [0.3, 0.4) is 0 Å². The summed E-state index contributed by atoms with van der Waals surface area (Å²) < 4.78 is 2.03. The van der Waals surface area contributed by atoms with Crippen molar-refractivity contribution in [3.63, 3.8) is 0 Å². The highest BCUT2D eigenvalue weighted by Gasteiger charge is 2.10. The molecule has 6 aromatic rings. The minimum atomic E-state index is 0.224. The molecule has 192 valence electrons. The molecule has 0 saturated carbocycles. The maximum Gasteiger partial charge on any atom is 0.221 e. The third kappa shape index (κ3) is 5.92. The number of benzene rings is 2. The third-order valence-electron chi connectivity index (χ3n) is 5.05. The summed E-state index contributed by atoms with van der Waals surface area (Å²) in [5.41, 5.74) is 14.6. The lowest BCUT2D eigenvalue weighted by Crippen LogP contribution is -1.99. The molecule has 0 aliphatic rings. The van der Waals surface area contributed by atoms with E-state index in [0.717, 1.165) is 40.3 Å². The molecule has 2 aromatic carbocycles. The zero-order valence-corrected chi connectivity index (χ0v) is 24.8. The van der Waals surface area contributed by atoms with Crippen molar-refractivity contribution in [2.24, 2.45) is 0 Å². The number of anilines is 6. The molecular weight excluding hydrogens is 757 g/mol. The summed E-state index contributed by atoms with van der Waals surface area (Å²) in [5, 5.41) is 22.7. The van der Waals surface area contributed by atoms with Gasteiger partial charge >= 0.3 is 0 Å². The number of nitrogens with two attached hydrogens (primary N) is 2. The third-order valence-corrected chi connectivity index (χ3v) is 7.33. The van der Waals surface area contributed by atoms with Gasteiger partial charge in [0.2, 0.25) is 11.9 Å². The maximum atomic E-state index is 6.03. The molecule has 0 radical (unpaired) electrons. The van der Waals surface area contributed by atoms with Crippen molar-refractivity contribution >= 4 is 125 Å². The Bertz CT molecular complexity index is 1640. The minimum absolute atomic E-state index is 0.224. The smallest absolute Gasteiger partial charge is 0.221 e. The van der Waals surface area contributed by atoms with Gasteiger partial charge in [0.15, 0.2) is 10.3 Å². The first-order valence-electron chi connectivity index (χ1n) is 10.6. The van der Waals surface area contributed by atoms with E-state index in [4.69, 9.17) is 34.7 Å². The number of halogens is 4. The van der Waals surface area contributed by atoms with Crippen molar-refractivity contribution in [2.75, 3.05) is 22.1 Å². The topological polar surface area (TPSA) is 185 Å². The van der Waals surface area contributed by atoms with Crippen molar-refractivity contribution < 1.29 is 0 Å². The summed E-state index contributed by atoms with van der Waals surface area (Å²) in [5.74, 6) is 1.70. The highest BCUT2D eigenvalue weighted by molar-refractivity contribution is 14.1. The Hall–Kier alpha value is -3.22. The molecule has 0 unspecified atom stereocenters. The van der Waals surface area contributed by atoms with E-state index in [1.54, 1.807) is 24.5 Å². The van der Waals surface area contributed by atoms with Gasteiger partial charge in [0.1, 0.15) is 11.6 Å². The molecule has 0 spiro atoms. The Morgan fingerprint density at radius 2 is 1.11 bits per heavy atom. The zero-order valence-electron chi connectivity index (χ0n) is 19.0. The summed E-state index contributed by atoms with van der Waals surface area (Å²) >= 11 is 16.5. The highest BCUT2D eigenvalue weighted by atomic mass is 127. The summed E-state index contributed by atoms with van der Waals surface area (Å²) in [6.07, 6.45) is 3.19. The van der Waals surface area contributed by atoms with Crippen LogP contribution in [-0.2, 0) is 0 Å². The molecule has 12 nitrogen and oxygen atoms in total. The van der Waals surface area contributed by atoms with E-state index in [0.29, 0.717) is 21.9 Å². The molecule has 16 heteroatoms. The summed E-state index contributed by atoms with van der Waals surface area (Å²) in [6, 6.07) is 11.2. The number of aromatic nitrogens is 8. The monoisotopic (exact) mass is 772 g/mol. The Morgan fingerprint density at radius 3 is 1.50 bits per heavy atom. The van der Waals surface area contributed by atoms with Crippen LogP contribution >= 0.6 is 68.4 Å². The number of fused-ring (bicyclic) bond motifs is 2. The Kier molecular flexibility index (Phi) is 7.82. The largest absolute Gasteiger partial charge is 0.368 e. The second-order valence-corrected chi connectivity index (χ2v) is 10.7. The van der Waals surface area contributed by atoms with Gasteiger partial charge in [0, 0.05) is 41.7 Å².